The zero-order valence-corrected chi connectivity index (χ0v) is 12.5. The highest BCUT2D eigenvalue weighted by atomic mass is 35.5. The third-order valence-electron chi connectivity index (χ3n) is 2.51. The zero-order valence-electron chi connectivity index (χ0n) is 11.0. The van der Waals surface area contributed by atoms with Gasteiger partial charge < -0.3 is 4.90 Å². The van der Waals surface area contributed by atoms with Gasteiger partial charge in [-0.3, -0.25) is 0 Å². The first kappa shape index (κ1) is 16.0. The molecular weight excluding hydrogens is 297 g/mol. The van der Waals surface area contributed by atoms with Crippen molar-refractivity contribution in [3.05, 3.63) is 32.8 Å². The van der Waals surface area contributed by atoms with Crippen LogP contribution in [0.5, 0.6) is 0 Å². The Kier molecular flexibility index (Phi) is 5.04. The van der Waals surface area contributed by atoms with Gasteiger partial charge in [-0.05, 0) is 19.4 Å². The third kappa shape index (κ3) is 3.73. The molecule has 0 N–H and O–H groups in total. The molecule has 0 spiro atoms. The topological polar surface area (TPSA) is 16.1 Å². The van der Waals surface area contributed by atoms with Crippen LogP contribution in [-0.2, 0) is 0 Å². The van der Waals surface area contributed by atoms with Crippen LogP contribution in [0.2, 0.25) is 4.47 Å². The van der Waals surface area contributed by atoms with E-state index in [9.17, 15) is 13.2 Å². The number of rotatable bonds is 3. The predicted molar refractivity (Wildman–Crippen MR) is 73.2 cm³/mol. The molecule has 0 atom stereocenters. The Labute approximate surface area is 119 Å². The molecule has 2 nitrogen and oxygen atoms in total. The Morgan fingerprint density at radius 1 is 1.42 bits per heavy atom. The molecule has 0 fully saturated rings. The Morgan fingerprint density at radius 3 is 2.32 bits per heavy atom. The number of hydrogen-bond acceptors (Lipinski definition) is 3. The summed E-state index contributed by atoms with van der Waals surface area (Å²) < 4.78 is 40.0. The van der Waals surface area contributed by atoms with Crippen molar-refractivity contribution in [3.63, 3.8) is 0 Å². The lowest BCUT2D eigenvalue weighted by Crippen LogP contribution is -2.22. The molecule has 19 heavy (non-hydrogen) atoms. The summed E-state index contributed by atoms with van der Waals surface area (Å²) in [6.45, 7) is 3.00. The van der Waals surface area contributed by atoms with Gasteiger partial charge in [-0.25, -0.2) is 4.98 Å². The SMILES string of the molecule is CC=C(C)C(=C(c1csc(Cl)n1)N(C)C)C(F)(F)F. The van der Waals surface area contributed by atoms with Gasteiger partial charge in [-0.2, -0.15) is 13.2 Å². The molecule has 1 aromatic rings. The number of aromatic nitrogens is 1. The van der Waals surface area contributed by atoms with Crippen molar-refractivity contribution >= 4 is 28.6 Å². The minimum atomic E-state index is -4.45. The summed E-state index contributed by atoms with van der Waals surface area (Å²) in [7, 11) is 3.11. The van der Waals surface area contributed by atoms with Crippen molar-refractivity contribution in [3.8, 4) is 0 Å². The molecule has 1 aromatic heterocycles. The summed E-state index contributed by atoms with van der Waals surface area (Å²) in [6, 6.07) is 0. The molecule has 106 valence electrons. The molecule has 0 aliphatic rings. The summed E-state index contributed by atoms with van der Waals surface area (Å²) >= 11 is 6.82. The van der Waals surface area contributed by atoms with Gasteiger partial charge >= 0.3 is 6.18 Å². The number of halogens is 4. The van der Waals surface area contributed by atoms with Gasteiger partial charge in [0.2, 0.25) is 0 Å². The summed E-state index contributed by atoms with van der Waals surface area (Å²) in [4.78, 5) is 5.34. The summed E-state index contributed by atoms with van der Waals surface area (Å²) in [5.41, 5.74) is -0.290. The van der Waals surface area contributed by atoms with Crippen molar-refractivity contribution in [1.29, 1.82) is 0 Å². The summed E-state index contributed by atoms with van der Waals surface area (Å²) in [5.74, 6) is 0. The van der Waals surface area contributed by atoms with E-state index in [1.807, 2.05) is 0 Å². The molecule has 0 unspecified atom stereocenters. The summed E-state index contributed by atoms with van der Waals surface area (Å²) in [5, 5.41) is 1.52. The first-order valence-electron chi connectivity index (χ1n) is 5.42. The largest absolute Gasteiger partial charge is 0.418 e. The second-order valence-corrected chi connectivity index (χ2v) is 5.51. The maximum absolute atomic E-state index is 13.3. The van der Waals surface area contributed by atoms with Crippen LogP contribution in [-0.4, -0.2) is 30.2 Å². The normalized spacial score (nSPS) is 14.4. The minimum absolute atomic E-state index is 0.0197. The van der Waals surface area contributed by atoms with Gasteiger partial charge in [0, 0.05) is 19.5 Å². The molecule has 0 aromatic carbocycles. The van der Waals surface area contributed by atoms with E-state index in [-0.39, 0.29) is 21.4 Å². The van der Waals surface area contributed by atoms with Crippen LogP contribution in [0, 0.1) is 0 Å². The van der Waals surface area contributed by atoms with Crippen LogP contribution < -0.4 is 0 Å². The third-order valence-corrected chi connectivity index (χ3v) is 3.49. The van der Waals surface area contributed by atoms with Crippen LogP contribution in [0.25, 0.3) is 5.70 Å². The lowest BCUT2D eigenvalue weighted by atomic mass is 10.0. The smallest absolute Gasteiger partial charge is 0.375 e. The second kappa shape index (κ2) is 5.96. The number of allylic oxidation sites excluding steroid dienone is 3. The highest BCUT2D eigenvalue weighted by molar-refractivity contribution is 7.14. The van der Waals surface area contributed by atoms with E-state index in [4.69, 9.17) is 11.6 Å². The number of hydrogen-bond donors (Lipinski definition) is 0. The fourth-order valence-corrected chi connectivity index (χ4v) is 2.38. The molecule has 0 saturated carbocycles. The van der Waals surface area contributed by atoms with Crippen LogP contribution in [0.1, 0.15) is 19.5 Å². The molecule has 0 amide bonds. The van der Waals surface area contributed by atoms with Gasteiger partial charge in [0.25, 0.3) is 0 Å². The predicted octanol–water partition coefficient (Wildman–Crippen LogP) is 4.60. The fourth-order valence-electron chi connectivity index (χ4n) is 1.63. The molecule has 0 radical (unpaired) electrons. The van der Waals surface area contributed by atoms with E-state index in [0.29, 0.717) is 0 Å². The average molecular weight is 311 g/mol. The van der Waals surface area contributed by atoms with Crippen LogP contribution >= 0.6 is 22.9 Å². The maximum Gasteiger partial charge on any atom is 0.418 e. The Morgan fingerprint density at radius 2 is 2.00 bits per heavy atom. The van der Waals surface area contributed by atoms with E-state index < -0.39 is 11.7 Å². The number of nitrogens with zero attached hydrogens (tertiary/aromatic N) is 2. The van der Waals surface area contributed by atoms with Gasteiger partial charge in [-0.15, -0.1) is 11.3 Å². The highest BCUT2D eigenvalue weighted by Crippen LogP contribution is 2.38. The molecule has 7 heteroatoms. The van der Waals surface area contributed by atoms with Gasteiger partial charge in [0.05, 0.1) is 17.0 Å². The van der Waals surface area contributed by atoms with E-state index >= 15 is 0 Å². The number of thiazole rings is 1. The van der Waals surface area contributed by atoms with Crippen molar-refractivity contribution in [2.75, 3.05) is 14.1 Å². The molecule has 1 heterocycles. The first-order valence-corrected chi connectivity index (χ1v) is 6.67. The number of alkyl halides is 3. The van der Waals surface area contributed by atoms with Crippen LogP contribution in [0.15, 0.2) is 22.6 Å². The van der Waals surface area contributed by atoms with Crippen molar-refractivity contribution in [1.82, 2.24) is 9.88 Å². The average Bonchev–Trinajstić information content (AvgIpc) is 2.69. The Balaban J connectivity index is 3.61. The van der Waals surface area contributed by atoms with E-state index in [1.165, 1.54) is 23.3 Å². The molecule has 0 saturated heterocycles. The second-order valence-electron chi connectivity index (χ2n) is 4.07. The van der Waals surface area contributed by atoms with Gasteiger partial charge in [-0.1, -0.05) is 17.7 Å². The van der Waals surface area contributed by atoms with Crippen LogP contribution in [0.3, 0.4) is 0 Å². The molecule has 0 bridgehead atoms. The summed E-state index contributed by atoms with van der Waals surface area (Å²) in [6.07, 6.45) is -3.02. The van der Waals surface area contributed by atoms with Crippen molar-refractivity contribution < 1.29 is 13.2 Å². The van der Waals surface area contributed by atoms with E-state index in [2.05, 4.69) is 4.98 Å². The van der Waals surface area contributed by atoms with Gasteiger partial charge in [0.1, 0.15) is 0 Å². The van der Waals surface area contributed by atoms with E-state index in [1.54, 1.807) is 21.0 Å². The van der Waals surface area contributed by atoms with Crippen molar-refractivity contribution in [2.24, 2.45) is 0 Å². The first-order chi connectivity index (χ1) is 8.68. The molecular formula is C12H14ClF3N2S. The Hall–Kier alpha value is -1.01. The maximum atomic E-state index is 13.3. The molecule has 0 aliphatic heterocycles. The van der Waals surface area contributed by atoms with E-state index in [0.717, 1.165) is 11.3 Å². The minimum Gasteiger partial charge on any atom is -0.375 e. The quantitative estimate of drug-likeness (QED) is 0.759. The molecule has 0 aliphatic carbocycles. The lowest BCUT2D eigenvalue weighted by Gasteiger charge is -2.23. The lowest BCUT2D eigenvalue weighted by molar-refractivity contribution is -0.0893. The fraction of sp³-hybridized carbons (Fsp3) is 0.417. The zero-order chi connectivity index (χ0) is 14.8. The standard InChI is InChI=1S/C12H14ClF3N2S/c1-5-7(2)9(12(14,15)16)10(18(3)4)8-6-19-11(13)17-8/h5-6H,1-4H3. The van der Waals surface area contributed by atoms with Crippen LogP contribution in [0.4, 0.5) is 13.2 Å². The van der Waals surface area contributed by atoms with Gasteiger partial charge in [0.15, 0.2) is 4.47 Å². The Bertz CT molecular complexity index is 515. The highest BCUT2D eigenvalue weighted by Gasteiger charge is 2.38. The van der Waals surface area contributed by atoms with Crippen molar-refractivity contribution in [2.45, 2.75) is 20.0 Å². The molecule has 1 rings (SSSR count). The monoisotopic (exact) mass is 310 g/mol.